The van der Waals surface area contributed by atoms with Crippen molar-refractivity contribution in [3.05, 3.63) is 59.2 Å². The molecule has 1 amide bonds. The van der Waals surface area contributed by atoms with Crippen molar-refractivity contribution in [1.29, 1.82) is 5.41 Å². The maximum absolute atomic E-state index is 12.5. The van der Waals surface area contributed by atoms with Crippen LogP contribution < -0.4 is 5.32 Å². The number of allylic oxidation sites excluding steroid dienone is 2. The molecule has 0 spiro atoms. The van der Waals surface area contributed by atoms with E-state index in [0.29, 0.717) is 11.5 Å². The number of carbonyl (C=O) groups excluding carboxylic acids is 1. The normalized spacial score (nSPS) is 17.2. The molecule has 2 aromatic rings. The van der Waals surface area contributed by atoms with Gasteiger partial charge in [-0.25, -0.2) is 4.98 Å². The van der Waals surface area contributed by atoms with Gasteiger partial charge >= 0.3 is 0 Å². The van der Waals surface area contributed by atoms with Crippen LogP contribution in [0, 0.1) is 5.41 Å². The first-order valence-electron chi connectivity index (χ1n) is 8.22. The third-order valence-corrected chi connectivity index (χ3v) is 4.32. The lowest BCUT2D eigenvalue weighted by Gasteiger charge is -2.26. The van der Waals surface area contributed by atoms with Crippen molar-refractivity contribution >= 4 is 17.2 Å². The van der Waals surface area contributed by atoms with Gasteiger partial charge in [-0.1, -0.05) is 24.3 Å². The number of aryl methyl sites for hydroxylation is 1. The van der Waals surface area contributed by atoms with Gasteiger partial charge in [0.1, 0.15) is 0 Å². The number of carbonyl (C=O) groups is 1. The molecule has 0 radical (unpaired) electrons. The SMILES string of the molecule is CC(=N)/C=C(/C)c1cnc(C(=O)NC2CCCc3ccccc32)[nH]1.[HH]. The molecule has 24 heavy (non-hydrogen) atoms. The predicted molar refractivity (Wildman–Crippen MR) is 97.3 cm³/mol. The molecule has 1 aliphatic rings. The van der Waals surface area contributed by atoms with Crippen molar-refractivity contribution in [2.45, 2.75) is 39.2 Å². The number of amides is 1. The number of nitrogens with zero attached hydrogens (tertiary/aromatic N) is 1. The van der Waals surface area contributed by atoms with Crippen LogP contribution in [0.5, 0.6) is 0 Å². The number of nitrogens with one attached hydrogen (secondary N) is 3. The molecule has 5 nitrogen and oxygen atoms in total. The molecule has 0 fully saturated rings. The molecular weight excluding hydrogens is 300 g/mol. The standard InChI is InChI=1S/C19H22N4O.H2/c1-12(10-13(2)20)17-11-21-18(22-17)19(24)23-16-9-5-7-14-6-3-4-8-15(14)16;/h3-4,6,8,10-11,16,20H,5,7,9H2,1-2H3,(H,21,22)(H,23,24);1H/b12-10-,20-13?;. The summed E-state index contributed by atoms with van der Waals surface area (Å²) in [5.41, 5.74) is 4.63. The number of fused-ring (bicyclic) bond motifs is 1. The minimum absolute atomic E-state index is 0. The summed E-state index contributed by atoms with van der Waals surface area (Å²) >= 11 is 0. The fraction of sp³-hybridized carbons (Fsp3) is 0.316. The molecule has 0 saturated heterocycles. The second-order valence-corrected chi connectivity index (χ2v) is 6.27. The number of hydrogen-bond acceptors (Lipinski definition) is 3. The van der Waals surface area contributed by atoms with Gasteiger partial charge in [0.25, 0.3) is 5.91 Å². The third-order valence-electron chi connectivity index (χ3n) is 4.32. The van der Waals surface area contributed by atoms with E-state index in [1.54, 1.807) is 19.2 Å². The van der Waals surface area contributed by atoms with E-state index >= 15 is 0 Å². The molecule has 0 aliphatic heterocycles. The van der Waals surface area contributed by atoms with Crippen molar-refractivity contribution in [2.75, 3.05) is 0 Å². The molecule has 3 rings (SSSR count). The number of aromatic nitrogens is 2. The summed E-state index contributed by atoms with van der Waals surface area (Å²) in [5, 5.41) is 10.6. The summed E-state index contributed by atoms with van der Waals surface area (Å²) in [6.45, 7) is 3.61. The van der Waals surface area contributed by atoms with E-state index in [4.69, 9.17) is 5.41 Å². The maximum Gasteiger partial charge on any atom is 0.287 e. The molecule has 5 heteroatoms. The molecule has 1 aromatic heterocycles. The van der Waals surface area contributed by atoms with Gasteiger partial charge in [0.2, 0.25) is 0 Å². The summed E-state index contributed by atoms with van der Waals surface area (Å²) < 4.78 is 0. The Kier molecular flexibility index (Phi) is 4.60. The minimum Gasteiger partial charge on any atom is -0.343 e. The number of hydrogen-bond donors (Lipinski definition) is 3. The van der Waals surface area contributed by atoms with Gasteiger partial charge in [0.15, 0.2) is 5.82 Å². The summed E-state index contributed by atoms with van der Waals surface area (Å²) in [6.07, 6.45) is 6.47. The van der Waals surface area contributed by atoms with E-state index in [9.17, 15) is 4.79 Å². The van der Waals surface area contributed by atoms with E-state index in [1.807, 2.05) is 19.1 Å². The van der Waals surface area contributed by atoms with Crippen LogP contribution >= 0.6 is 0 Å². The zero-order valence-corrected chi connectivity index (χ0v) is 14.0. The molecular formula is C19H24N4O. The molecule has 0 bridgehead atoms. The predicted octanol–water partition coefficient (Wildman–Crippen LogP) is 3.91. The monoisotopic (exact) mass is 324 g/mol. The molecule has 1 aliphatic carbocycles. The highest BCUT2D eigenvalue weighted by Gasteiger charge is 2.23. The van der Waals surface area contributed by atoms with Gasteiger partial charge in [0.05, 0.1) is 17.9 Å². The van der Waals surface area contributed by atoms with Gasteiger partial charge in [-0.15, -0.1) is 0 Å². The Morgan fingerprint density at radius 2 is 2.21 bits per heavy atom. The van der Waals surface area contributed by atoms with Crippen LogP contribution in [0.3, 0.4) is 0 Å². The number of aromatic amines is 1. The highest BCUT2D eigenvalue weighted by Crippen LogP contribution is 2.29. The Bertz CT molecular complexity index is 809. The summed E-state index contributed by atoms with van der Waals surface area (Å²) in [6, 6.07) is 8.32. The van der Waals surface area contributed by atoms with Crippen LogP contribution in [0.4, 0.5) is 0 Å². The van der Waals surface area contributed by atoms with Crippen LogP contribution in [0.25, 0.3) is 5.57 Å². The maximum atomic E-state index is 12.5. The van der Waals surface area contributed by atoms with Crippen LogP contribution in [0.1, 0.15) is 61.6 Å². The Labute approximate surface area is 143 Å². The highest BCUT2D eigenvalue weighted by molar-refractivity contribution is 5.97. The largest absolute Gasteiger partial charge is 0.343 e. The van der Waals surface area contributed by atoms with E-state index in [1.165, 1.54) is 11.1 Å². The highest BCUT2D eigenvalue weighted by atomic mass is 16.2. The van der Waals surface area contributed by atoms with Crippen LogP contribution in [0.2, 0.25) is 0 Å². The van der Waals surface area contributed by atoms with Gasteiger partial charge in [-0.05, 0) is 55.9 Å². The second kappa shape index (κ2) is 6.83. The van der Waals surface area contributed by atoms with E-state index in [0.717, 1.165) is 30.5 Å². The van der Waals surface area contributed by atoms with Gasteiger partial charge in [-0.3, -0.25) is 4.79 Å². The molecule has 1 aromatic carbocycles. The van der Waals surface area contributed by atoms with Crippen molar-refractivity contribution in [1.82, 2.24) is 15.3 Å². The van der Waals surface area contributed by atoms with E-state index < -0.39 is 0 Å². The van der Waals surface area contributed by atoms with Gasteiger partial charge < -0.3 is 15.7 Å². The quantitative estimate of drug-likeness (QED) is 0.745. The molecule has 1 heterocycles. The van der Waals surface area contributed by atoms with Crippen molar-refractivity contribution in [3.8, 4) is 0 Å². The smallest absolute Gasteiger partial charge is 0.287 e. The molecule has 3 N–H and O–H groups in total. The Morgan fingerprint density at radius 3 is 3.00 bits per heavy atom. The average Bonchev–Trinajstić information content (AvgIpc) is 3.05. The lowest BCUT2D eigenvalue weighted by Crippen LogP contribution is -2.31. The number of imidazole rings is 1. The van der Waals surface area contributed by atoms with E-state index in [2.05, 4.69) is 27.4 Å². The van der Waals surface area contributed by atoms with Crippen molar-refractivity contribution in [2.24, 2.45) is 0 Å². The average molecular weight is 324 g/mol. The molecule has 1 unspecified atom stereocenters. The Hall–Kier alpha value is -2.69. The Balaban J connectivity index is 0.00000225. The summed E-state index contributed by atoms with van der Waals surface area (Å²) in [4.78, 5) is 19.7. The summed E-state index contributed by atoms with van der Waals surface area (Å²) in [5.74, 6) is 0.116. The number of rotatable bonds is 4. The van der Waals surface area contributed by atoms with E-state index in [-0.39, 0.29) is 13.4 Å². The molecule has 1 atom stereocenters. The third kappa shape index (κ3) is 3.45. The number of benzene rings is 1. The zero-order valence-electron chi connectivity index (χ0n) is 14.0. The van der Waals surface area contributed by atoms with Gasteiger partial charge in [-0.2, -0.15) is 0 Å². The van der Waals surface area contributed by atoms with Gasteiger partial charge in [0, 0.05) is 7.14 Å². The van der Waals surface area contributed by atoms with Crippen LogP contribution in [-0.2, 0) is 6.42 Å². The first kappa shape index (κ1) is 16.2. The fourth-order valence-corrected chi connectivity index (χ4v) is 3.17. The lowest BCUT2D eigenvalue weighted by molar-refractivity contribution is 0.0923. The van der Waals surface area contributed by atoms with Crippen molar-refractivity contribution in [3.63, 3.8) is 0 Å². The molecule has 126 valence electrons. The molecule has 0 saturated carbocycles. The Morgan fingerprint density at radius 1 is 1.42 bits per heavy atom. The first-order chi connectivity index (χ1) is 11.5. The zero-order chi connectivity index (χ0) is 17.1. The topological polar surface area (TPSA) is 81.6 Å². The van der Waals surface area contributed by atoms with Crippen molar-refractivity contribution < 1.29 is 6.22 Å². The minimum atomic E-state index is -0.192. The summed E-state index contributed by atoms with van der Waals surface area (Å²) in [7, 11) is 0. The first-order valence-corrected chi connectivity index (χ1v) is 8.22. The number of H-pyrrole nitrogens is 1. The lowest BCUT2D eigenvalue weighted by atomic mass is 9.88. The van der Waals surface area contributed by atoms with Crippen LogP contribution in [0.15, 0.2) is 36.5 Å². The fourth-order valence-electron chi connectivity index (χ4n) is 3.17. The second-order valence-electron chi connectivity index (χ2n) is 6.27. The van der Waals surface area contributed by atoms with Crippen LogP contribution in [-0.4, -0.2) is 21.6 Å².